The Morgan fingerprint density at radius 3 is 2.09 bits per heavy atom. The van der Waals surface area contributed by atoms with Crippen molar-refractivity contribution in [1.82, 2.24) is 9.80 Å². The molecule has 1 aromatic rings. The number of carbonyl (C=O) groups is 1. The molecule has 0 bridgehead atoms. The Balaban J connectivity index is 1.58. The Kier molecular flexibility index (Phi) is 7.80. The molecule has 1 aromatic carbocycles. The van der Waals surface area contributed by atoms with E-state index in [4.69, 9.17) is 4.74 Å². The standard InChI is InChI=1S/C20H24F7N3O3/c21-13-32-16-11-15(29-5-1-2-6-29)4-3-14(16)12-28-7-9-30(10-8-28)18(31)33-17(19(22,23)24)20(25,26)27/h3-4,11,17H,1-2,5-10,12-13H2. The number of hydrogen-bond acceptors (Lipinski definition) is 5. The molecule has 0 saturated carbocycles. The smallest absolute Gasteiger partial charge is 0.434 e. The molecule has 3 rings (SSSR count). The van der Waals surface area contributed by atoms with Crippen molar-refractivity contribution in [1.29, 1.82) is 0 Å². The van der Waals surface area contributed by atoms with E-state index >= 15 is 0 Å². The number of ether oxygens (including phenoxy) is 2. The lowest BCUT2D eigenvalue weighted by atomic mass is 10.1. The quantitative estimate of drug-likeness (QED) is 0.559. The maximum absolute atomic E-state index is 12.9. The van der Waals surface area contributed by atoms with Gasteiger partial charge in [0.25, 0.3) is 6.10 Å². The summed E-state index contributed by atoms with van der Waals surface area (Å²) in [4.78, 5) is 16.7. The van der Waals surface area contributed by atoms with E-state index in [0.29, 0.717) is 17.9 Å². The van der Waals surface area contributed by atoms with E-state index in [2.05, 4.69) is 9.64 Å². The van der Waals surface area contributed by atoms with Crippen LogP contribution < -0.4 is 9.64 Å². The molecular formula is C20H24F7N3O3. The number of amides is 1. The molecule has 2 heterocycles. The zero-order valence-corrected chi connectivity index (χ0v) is 17.6. The van der Waals surface area contributed by atoms with Gasteiger partial charge in [-0.25, -0.2) is 9.18 Å². The van der Waals surface area contributed by atoms with Gasteiger partial charge in [0.15, 0.2) is 0 Å². The number of rotatable bonds is 6. The van der Waals surface area contributed by atoms with Crippen LogP contribution in [0.1, 0.15) is 18.4 Å². The summed E-state index contributed by atoms with van der Waals surface area (Å²) in [5.74, 6) is 0.363. The van der Waals surface area contributed by atoms with Crippen LogP contribution in [-0.2, 0) is 11.3 Å². The second-order valence-electron chi connectivity index (χ2n) is 7.85. The monoisotopic (exact) mass is 487 g/mol. The van der Waals surface area contributed by atoms with Crippen LogP contribution in [0.25, 0.3) is 0 Å². The van der Waals surface area contributed by atoms with Crippen molar-refractivity contribution in [2.24, 2.45) is 0 Å². The van der Waals surface area contributed by atoms with Gasteiger partial charge in [-0.05, 0) is 18.9 Å². The van der Waals surface area contributed by atoms with Crippen LogP contribution in [0.3, 0.4) is 0 Å². The first-order valence-electron chi connectivity index (χ1n) is 10.4. The van der Waals surface area contributed by atoms with Crippen LogP contribution >= 0.6 is 0 Å². The highest BCUT2D eigenvalue weighted by molar-refractivity contribution is 5.68. The summed E-state index contributed by atoms with van der Waals surface area (Å²) in [6.07, 6.45) is -15.2. The Bertz CT molecular complexity index is 791. The largest absolute Gasteiger partial charge is 0.463 e. The van der Waals surface area contributed by atoms with Gasteiger partial charge < -0.3 is 19.3 Å². The first-order valence-corrected chi connectivity index (χ1v) is 10.4. The molecule has 2 saturated heterocycles. The van der Waals surface area contributed by atoms with E-state index in [1.807, 2.05) is 11.0 Å². The van der Waals surface area contributed by atoms with E-state index in [-0.39, 0.29) is 26.2 Å². The van der Waals surface area contributed by atoms with Gasteiger partial charge in [-0.3, -0.25) is 4.90 Å². The maximum Gasteiger partial charge on any atom is 0.434 e. The van der Waals surface area contributed by atoms with Crippen molar-refractivity contribution in [2.75, 3.05) is 51.0 Å². The summed E-state index contributed by atoms with van der Waals surface area (Å²) in [5.41, 5.74) is 1.59. The van der Waals surface area contributed by atoms with Crippen molar-refractivity contribution in [3.63, 3.8) is 0 Å². The number of anilines is 1. The zero-order valence-electron chi connectivity index (χ0n) is 17.6. The molecule has 1 amide bonds. The predicted octanol–water partition coefficient (Wildman–Crippen LogP) is 4.34. The van der Waals surface area contributed by atoms with Gasteiger partial charge in [0.05, 0.1) is 0 Å². The van der Waals surface area contributed by atoms with Crippen molar-refractivity contribution in [3.05, 3.63) is 23.8 Å². The van der Waals surface area contributed by atoms with E-state index in [1.54, 1.807) is 12.1 Å². The van der Waals surface area contributed by atoms with Crippen molar-refractivity contribution in [3.8, 4) is 5.75 Å². The fourth-order valence-electron chi connectivity index (χ4n) is 3.86. The third kappa shape index (κ3) is 6.55. The summed E-state index contributed by atoms with van der Waals surface area (Å²) >= 11 is 0. The fraction of sp³-hybridized carbons (Fsp3) is 0.650. The minimum absolute atomic E-state index is 0.119. The van der Waals surface area contributed by atoms with E-state index in [0.717, 1.165) is 36.5 Å². The van der Waals surface area contributed by atoms with Crippen LogP contribution in [0.15, 0.2) is 18.2 Å². The van der Waals surface area contributed by atoms with Crippen LogP contribution in [0.4, 0.5) is 41.2 Å². The normalized spacial score (nSPS) is 18.2. The second kappa shape index (κ2) is 10.2. The van der Waals surface area contributed by atoms with Gasteiger partial charge in [-0.15, -0.1) is 0 Å². The number of benzene rings is 1. The summed E-state index contributed by atoms with van der Waals surface area (Å²) in [6.45, 7) is 1.22. The van der Waals surface area contributed by atoms with Gasteiger partial charge in [0, 0.05) is 63.1 Å². The molecule has 2 aliphatic rings. The summed E-state index contributed by atoms with van der Waals surface area (Å²) in [5, 5.41) is 0. The molecule has 33 heavy (non-hydrogen) atoms. The molecule has 0 unspecified atom stereocenters. The van der Waals surface area contributed by atoms with Crippen molar-refractivity contribution < 1.29 is 45.0 Å². The average Bonchev–Trinajstić information content (AvgIpc) is 3.27. The van der Waals surface area contributed by atoms with Crippen LogP contribution in [-0.4, -0.2) is 80.5 Å². The molecule has 2 fully saturated rings. The number of nitrogens with zero attached hydrogens (tertiary/aromatic N) is 3. The third-order valence-corrected chi connectivity index (χ3v) is 5.57. The molecule has 2 aliphatic heterocycles. The van der Waals surface area contributed by atoms with Crippen LogP contribution in [0.5, 0.6) is 5.75 Å². The van der Waals surface area contributed by atoms with Gasteiger partial charge in [-0.1, -0.05) is 6.07 Å². The molecule has 186 valence electrons. The first-order chi connectivity index (χ1) is 15.5. The highest BCUT2D eigenvalue weighted by Gasteiger charge is 2.60. The zero-order chi connectivity index (χ0) is 24.2. The number of alkyl halides is 7. The SMILES string of the molecule is O=C(OC(C(F)(F)F)C(F)(F)F)N1CCN(Cc2ccc(N3CCCC3)cc2OCF)CC1. The molecule has 0 radical (unpaired) electrons. The first kappa shape index (κ1) is 25.2. The van der Waals surface area contributed by atoms with Crippen molar-refractivity contribution in [2.45, 2.75) is 37.8 Å². The number of carbonyl (C=O) groups excluding carboxylic acids is 1. The molecular weight excluding hydrogens is 463 g/mol. The minimum Gasteiger partial charge on any atom is -0.463 e. The minimum atomic E-state index is -5.76. The highest BCUT2D eigenvalue weighted by atomic mass is 19.4. The molecule has 0 spiro atoms. The molecule has 13 heteroatoms. The average molecular weight is 487 g/mol. The maximum atomic E-state index is 12.9. The molecule has 6 nitrogen and oxygen atoms in total. The number of halogens is 7. The number of hydrogen-bond donors (Lipinski definition) is 0. The fourth-order valence-corrected chi connectivity index (χ4v) is 3.86. The summed E-state index contributed by atoms with van der Waals surface area (Å²) in [7, 11) is 0. The Morgan fingerprint density at radius 1 is 0.939 bits per heavy atom. The number of piperazine rings is 1. The van der Waals surface area contributed by atoms with Crippen molar-refractivity contribution >= 4 is 11.8 Å². The van der Waals surface area contributed by atoms with Gasteiger partial charge in [-0.2, -0.15) is 26.3 Å². The lowest BCUT2D eigenvalue weighted by Crippen LogP contribution is -2.52. The van der Waals surface area contributed by atoms with Gasteiger partial charge >= 0.3 is 18.4 Å². The lowest BCUT2D eigenvalue weighted by molar-refractivity contribution is -0.308. The van der Waals surface area contributed by atoms with Gasteiger partial charge in [0.1, 0.15) is 5.75 Å². The lowest BCUT2D eigenvalue weighted by Gasteiger charge is -2.35. The predicted molar refractivity (Wildman–Crippen MR) is 104 cm³/mol. The van der Waals surface area contributed by atoms with E-state index in [9.17, 15) is 35.5 Å². The summed E-state index contributed by atoms with van der Waals surface area (Å²) in [6, 6.07) is 5.45. The molecule has 0 N–H and O–H groups in total. The summed E-state index contributed by atoms with van der Waals surface area (Å²) < 4.78 is 97.4. The van der Waals surface area contributed by atoms with Gasteiger partial charge in [0.2, 0.25) is 6.86 Å². The third-order valence-electron chi connectivity index (χ3n) is 5.57. The highest BCUT2D eigenvalue weighted by Crippen LogP contribution is 2.36. The second-order valence-corrected chi connectivity index (χ2v) is 7.85. The van der Waals surface area contributed by atoms with E-state index in [1.165, 1.54) is 0 Å². The molecule has 0 aromatic heterocycles. The Labute approximate surface area is 185 Å². The van der Waals surface area contributed by atoms with Crippen LogP contribution in [0, 0.1) is 0 Å². The van der Waals surface area contributed by atoms with E-state index < -0.39 is 31.4 Å². The topological polar surface area (TPSA) is 45.2 Å². The molecule has 0 atom stereocenters. The Hall–Kier alpha value is -2.44. The molecule has 0 aliphatic carbocycles. The Morgan fingerprint density at radius 2 is 1.55 bits per heavy atom. The van der Waals surface area contributed by atoms with Crippen LogP contribution in [0.2, 0.25) is 0 Å².